The molecule has 1 aliphatic rings. The Hall–Kier alpha value is -2.19. The number of halogens is 1. The van der Waals surface area contributed by atoms with E-state index in [1.807, 2.05) is 19.1 Å². The molecule has 0 spiro atoms. The zero-order chi connectivity index (χ0) is 18.9. The minimum absolute atomic E-state index is 0.0369. The van der Waals surface area contributed by atoms with Gasteiger partial charge in [-0.2, -0.15) is 4.39 Å². The standard InChI is InChI=1S/C18H22FN3O3S/c1-12-3-5-13(6-4-12)20-16-14(11-22(2)17(24)15(16)19)21-26(25)18(7-8-18)9-10-23/h3-6,11,20-21,23H,7-10H2,1-2H3. The van der Waals surface area contributed by atoms with Crippen molar-refractivity contribution in [1.82, 2.24) is 4.57 Å². The average molecular weight is 379 g/mol. The molecule has 2 aromatic rings. The normalized spacial score (nSPS) is 16.2. The van der Waals surface area contributed by atoms with Gasteiger partial charge in [-0.25, -0.2) is 4.21 Å². The number of pyridine rings is 1. The van der Waals surface area contributed by atoms with Gasteiger partial charge in [0.15, 0.2) is 0 Å². The van der Waals surface area contributed by atoms with E-state index in [9.17, 15) is 18.5 Å². The fraction of sp³-hybridized carbons (Fsp3) is 0.389. The van der Waals surface area contributed by atoms with Crippen LogP contribution < -0.4 is 15.6 Å². The van der Waals surface area contributed by atoms with Gasteiger partial charge in [0.1, 0.15) is 16.7 Å². The molecular formula is C18H22FN3O3S. The van der Waals surface area contributed by atoms with Crippen molar-refractivity contribution in [2.45, 2.75) is 30.9 Å². The summed E-state index contributed by atoms with van der Waals surface area (Å²) in [6, 6.07) is 7.29. The van der Waals surface area contributed by atoms with E-state index in [4.69, 9.17) is 0 Å². The van der Waals surface area contributed by atoms with Gasteiger partial charge in [0, 0.05) is 25.5 Å². The maximum absolute atomic E-state index is 14.6. The highest BCUT2D eigenvalue weighted by molar-refractivity contribution is 7.88. The first kappa shape index (κ1) is 18.6. The molecule has 8 heteroatoms. The lowest BCUT2D eigenvalue weighted by Crippen LogP contribution is -2.27. The number of benzene rings is 1. The number of hydrogen-bond acceptors (Lipinski definition) is 4. The summed E-state index contributed by atoms with van der Waals surface area (Å²) in [6.07, 6.45) is 3.32. The lowest BCUT2D eigenvalue weighted by Gasteiger charge is -2.19. The lowest BCUT2D eigenvalue weighted by atomic mass is 10.2. The second kappa shape index (κ2) is 7.20. The second-order valence-corrected chi connectivity index (χ2v) is 8.27. The van der Waals surface area contributed by atoms with Crippen LogP contribution in [0.15, 0.2) is 35.3 Å². The number of aryl methyl sites for hydroxylation is 2. The Morgan fingerprint density at radius 2 is 1.96 bits per heavy atom. The van der Waals surface area contributed by atoms with Crippen LogP contribution in [0, 0.1) is 12.7 Å². The van der Waals surface area contributed by atoms with Gasteiger partial charge in [-0.1, -0.05) is 17.7 Å². The van der Waals surface area contributed by atoms with Crippen molar-refractivity contribution in [2.75, 3.05) is 16.6 Å². The van der Waals surface area contributed by atoms with Gasteiger partial charge in [-0.05, 0) is 38.3 Å². The number of aliphatic hydroxyl groups is 1. The molecule has 0 aliphatic heterocycles. The van der Waals surface area contributed by atoms with E-state index in [-0.39, 0.29) is 18.0 Å². The topological polar surface area (TPSA) is 83.4 Å². The molecule has 0 saturated heterocycles. The molecule has 1 fully saturated rings. The number of nitrogens with one attached hydrogen (secondary N) is 2. The first-order chi connectivity index (χ1) is 12.4. The molecule has 1 aliphatic carbocycles. The summed E-state index contributed by atoms with van der Waals surface area (Å²) in [5.74, 6) is -0.943. The summed E-state index contributed by atoms with van der Waals surface area (Å²) in [5, 5.41) is 12.1. The Labute approximate surface area is 153 Å². The van der Waals surface area contributed by atoms with Gasteiger partial charge in [-0.15, -0.1) is 0 Å². The fourth-order valence-corrected chi connectivity index (χ4v) is 4.08. The number of anilines is 3. The van der Waals surface area contributed by atoms with Crippen LogP contribution in [0.5, 0.6) is 0 Å². The third-order valence-electron chi connectivity index (χ3n) is 4.61. The molecule has 1 heterocycles. The first-order valence-corrected chi connectivity index (χ1v) is 9.53. The molecule has 3 N–H and O–H groups in total. The highest BCUT2D eigenvalue weighted by atomic mass is 32.2. The van der Waals surface area contributed by atoms with Crippen LogP contribution in [-0.4, -0.2) is 25.2 Å². The molecule has 1 aromatic heterocycles. The Morgan fingerprint density at radius 3 is 2.54 bits per heavy atom. The van der Waals surface area contributed by atoms with E-state index in [1.165, 1.54) is 13.2 Å². The third-order valence-corrected chi connectivity index (χ3v) is 6.42. The Kier molecular flexibility index (Phi) is 5.15. The van der Waals surface area contributed by atoms with Crippen molar-refractivity contribution < 1.29 is 13.7 Å². The lowest BCUT2D eigenvalue weighted by molar-refractivity contribution is 0.284. The van der Waals surface area contributed by atoms with Crippen LogP contribution in [0.4, 0.5) is 21.5 Å². The van der Waals surface area contributed by atoms with Crippen molar-refractivity contribution in [3.63, 3.8) is 0 Å². The Morgan fingerprint density at radius 1 is 1.31 bits per heavy atom. The van der Waals surface area contributed by atoms with Crippen molar-refractivity contribution in [3.8, 4) is 0 Å². The van der Waals surface area contributed by atoms with Crippen molar-refractivity contribution in [1.29, 1.82) is 0 Å². The monoisotopic (exact) mass is 379 g/mol. The minimum Gasteiger partial charge on any atom is -0.396 e. The molecule has 3 rings (SSSR count). The zero-order valence-corrected chi connectivity index (χ0v) is 15.5. The summed E-state index contributed by atoms with van der Waals surface area (Å²) < 4.78 is 30.8. The number of aliphatic hydroxyl groups excluding tert-OH is 1. The molecule has 0 amide bonds. The summed E-state index contributed by atoms with van der Waals surface area (Å²) in [6.45, 7) is 1.89. The van der Waals surface area contributed by atoms with Crippen LogP contribution >= 0.6 is 0 Å². The zero-order valence-electron chi connectivity index (χ0n) is 14.7. The number of rotatable bonds is 7. The number of nitrogens with zero attached hydrogens (tertiary/aromatic N) is 1. The Balaban J connectivity index is 1.94. The van der Waals surface area contributed by atoms with Crippen LogP contribution in [0.2, 0.25) is 0 Å². The van der Waals surface area contributed by atoms with E-state index in [2.05, 4.69) is 10.0 Å². The summed E-state index contributed by atoms with van der Waals surface area (Å²) in [7, 11) is -0.0570. The smallest absolute Gasteiger partial charge is 0.288 e. The predicted molar refractivity (Wildman–Crippen MR) is 102 cm³/mol. The maximum Gasteiger partial charge on any atom is 0.288 e. The molecule has 26 heavy (non-hydrogen) atoms. The van der Waals surface area contributed by atoms with E-state index >= 15 is 0 Å². The van der Waals surface area contributed by atoms with Gasteiger partial charge < -0.3 is 19.7 Å². The average Bonchev–Trinajstić information content (AvgIpc) is 3.39. The van der Waals surface area contributed by atoms with Gasteiger partial charge in [-0.3, -0.25) is 4.79 Å². The minimum atomic E-state index is -1.50. The number of hydrogen-bond donors (Lipinski definition) is 3. The maximum atomic E-state index is 14.6. The SMILES string of the molecule is Cc1ccc(Nc2c(NS(=O)C3(CCO)CC3)cn(C)c(=O)c2F)cc1. The summed E-state index contributed by atoms with van der Waals surface area (Å²) in [4.78, 5) is 12.0. The molecule has 1 atom stereocenters. The molecule has 140 valence electrons. The van der Waals surface area contributed by atoms with Crippen molar-refractivity contribution in [2.24, 2.45) is 7.05 Å². The molecular weight excluding hydrogens is 357 g/mol. The van der Waals surface area contributed by atoms with E-state index < -0.39 is 27.1 Å². The molecule has 0 bridgehead atoms. The Bertz CT molecular complexity index is 892. The van der Waals surface area contributed by atoms with Crippen LogP contribution in [0.3, 0.4) is 0 Å². The van der Waals surface area contributed by atoms with Gasteiger partial charge in [0.05, 0.1) is 10.4 Å². The van der Waals surface area contributed by atoms with Crippen LogP contribution in [0.25, 0.3) is 0 Å². The highest BCUT2D eigenvalue weighted by Crippen LogP contribution is 2.45. The summed E-state index contributed by atoms with van der Waals surface area (Å²) >= 11 is 0. The van der Waals surface area contributed by atoms with E-state index in [0.29, 0.717) is 12.1 Å². The molecule has 6 nitrogen and oxygen atoms in total. The molecule has 1 saturated carbocycles. The van der Waals surface area contributed by atoms with Crippen LogP contribution in [0.1, 0.15) is 24.8 Å². The molecule has 1 aromatic carbocycles. The quantitative estimate of drug-likeness (QED) is 0.690. The van der Waals surface area contributed by atoms with E-state index in [0.717, 1.165) is 23.0 Å². The molecule has 1 unspecified atom stereocenters. The number of aromatic nitrogens is 1. The van der Waals surface area contributed by atoms with E-state index in [1.54, 1.807) is 12.1 Å². The van der Waals surface area contributed by atoms with Crippen LogP contribution in [-0.2, 0) is 18.0 Å². The predicted octanol–water partition coefficient (Wildman–Crippen LogP) is 2.57. The third kappa shape index (κ3) is 3.66. The van der Waals surface area contributed by atoms with Gasteiger partial charge >= 0.3 is 0 Å². The second-order valence-electron chi connectivity index (χ2n) is 6.67. The highest BCUT2D eigenvalue weighted by Gasteiger charge is 2.48. The van der Waals surface area contributed by atoms with Crippen molar-refractivity contribution >= 4 is 28.0 Å². The van der Waals surface area contributed by atoms with Crippen molar-refractivity contribution in [3.05, 3.63) is 52.2 Å². The largest absolute Gasteiger partial charge is 0.396 e. The summed E-state index contributed by atoms with van der Waals surface area (Å²) in [5.41, 5.74) is 1.11. The molecule has 0 radical (unpaired) electrons. The van der Waals surface area contributed by atoms with Gasteiger partial charge in [0.2, 0.25) is 5.82 Å². The van der Waals surface area contributed by atoms with Gasteiger partial charge in [0.25, 0.3) is 5.56 Å². The fourth-order valence-electron chi connectivity index (χ4n) is 2.76. The first-order valence-electron chi connectivity index (χ1n) is 8.38.